The van der Waals surface area contributed by atoms with Crippen LogP contribution < -0.4 is 10.0 Å². The highest BCUT2D eigenvalue weighted by atomic mass is 79.9. The van der Waals surface area contributed by atoms with Crippen molar-refractivity contribution < 1.29 is 13.2 Å². The minimum Gasteiger partial charge on any atom is -0.323 e. The standard InChI is InChI=1S/C15H13BrCl2N2O3S/c1-9(15(21)19-14-8-11(17)4-7-13(14)18)20-24(22,23)12-5-2-10(16)3-6-12/h2-9,20H,1H3,(H,19,21). The van der Waals surface area contributed by atoms with E-state index >= 15 is 0 Å². The van der Waals surface area contributed by atoms with Crippen molar-refractivity contribution in [3.8, 4) is 0 Å². The second-order valence-electron chi connectivity index (χ2n) is 4.91. The van der Waals surface area contributed by atoms with E-state index in [1.54, 1.807) is 18.2 Å². The van der Waals surface area contributed by atoms with E-state index in [1.165, 1.54) is 31.2 Å². The summed E-state index contributed by atoms with van der Waals surface area (Å²) in [6.45, 7) is 1.43. The lowest BCUT2D eigenvalue weighted by Gasteiger charge is -2.15. The van der Waals surface area contributed by atoms with Gasteiger partial charge in [-0.15, -0.1) is 0 Å². The van der Waals surface area contributed by atoms with Crippen LogP contribution in [-0.4, -0.2) is 20.4 Å². The Hall–Kier alpha value is -1.12. The number of carbonyl (C=O) groups is 1. The Morgan fingerprint density at radius 1 is 1.12 bits per heavy atom. The van der Waals surface area contributed by atoms with Gasteiger partial charge in [0.1, 0.15) is 0 Å². The lowest BCUT2D eigenvalue weighted by Crippen LogP contribution is -2.41. The highest BCUT2D eigenvalue weighted by Gasteiger charge is 2.22. The molecule has 0 spiro atoms. The molecular weight excluding hydrogens is 439 g/mol. The van der Waals surface area contributed by atoms with E-state index in [0.717, 1.165) is 4.47 Å². The van der Waals surface area contributed by atoms with E-state index in [4.69, 9.17) is 23.2 Å². The Labute approximate surface area is 158 Å². The molecule has 0 saturated heterocycles. The van der Waals surface area contributed by atoms with Crippen molar-refractivity contribution in [3.63, 3.8) is 0 Å². The van der Waals surface area contributed by atoms with Crippen LogP contribution in [0.3, 0.4) is 0 Å². The predicted octanol–water partition coefficient (Wildman–Crippen LogP) is 4.06. The van der Waals surface area contributed by atoms with Crippen molar-refractivity contribution in [1.82, 2.24) is 4.72 Å². The fraction of sp³-hybridized carbons (Fsp3) is 0.133. The van der Waals surface area contributed by atoms with E-state index in [1.807, 2.05) is 0 Å². The first-order chi connectivity index (χ1) is 11.2. The van der Waals surface area contributed by atoms with Crippen molar-refractivity contribution in [2.75, 3.05) is 5.32 Å². The summed E-state index contributed by atoms with van der Waals surface area (Å²) in [6.07, 6.45) is 0. The van der Waals surface area contributed by atoms with Crippen LogP contribution in [-0.2, 0) is 14.8 Å². The monoisotopic (exact) mass is 450 g/mol. The molecule has 0 aliphatic rings. The molecule has 9 heteroatoms. The second-order valence-corrected chi connectivity index (χ2v) is 8.38. The van der Waals surface area contributed by atoms with E-state index in [2.05, 4.69) is 26.0 Å². The summed E-state index contributed by atoms with van der Waals surface area (Å²) < 4.78 is 27.6. The molecule has 0 aliphatic carbocycles. The zero-order valence-corrected chi connectivity index (χ0v) is 16.3. The molecule has 2 aromatic carbocycles. The fourth-order valence-electron chi connectivity index (χ4n) is 1.80. The molecular formula is C15H13BrCl2N2O3S. The Kier molecular flexibility index (Phi) is 6.28. The first kappa shape index (κ1) is 19.2. The second kappa shape index (κ2) is 7.84. The lowest BCUT2D eigenvalue weighted by molar-refractivity contribution is -0.117. The average Bonchev–Trinajstić information content (AvgIpc) is 2.51. The van der Waals surface area contributed by atoms with Crippen molar-refractivity contribution in [2.24, 2.45) is 0 Å². The highest BCUT2D eigenvalue weighted by Crippen LogP contribution is 2.25. The zero-order chi connectivity index (χ0) is 17.9. The number of sulfonamides is 1. The largest absolute Gasteiger partial charge is 0.323 e. The molecule has 0 radical (unpaired) electrons. The zero-order valence-electron chi connectivity index (χ0n) is 12.4. The molecule has 5 nitrogen and oxygen atoms in total. The summed E-state index contributed by atoms with van der Waals surface area (Å²) in [4.78, 5) is 12.3. The maximum absolute atomic E-state index is 12.3. The number of halogens is 3. The molecule has 0 saturated carbocycles. The molecule has 1 atom stereocenters. The number of carbonyl (C=O) groups excluding carboxylic acids is 1. The van der Waals surface area contributed by atoms with Crippen molar-refractivity contribution >= 4 is 60.7 Å². The van der Waals surface area contributed by atoms with E-state index in [9.17, 15) is 13.2 Å². The van der Waals surface area contributed by atoms with Crippen LogP contribution in [0.15, 0.2) is 51.8 Å². The summed E-state index contributed by atoms with van der Waals surface area (Å²) in [5.74, 6) is -0.556. The summed E-state index contributed by atoms with van der Waals surface area (Å²) in [6, 6.07) is 9.67. The molecule has 1 amide bonds. The fourth-order valence-corrected chi connectivity index (χ4v) is 3.61. The molecule has 2 rings (SSSR count). The third-order valence-electron chi connectivity index (χ3n) is 3.04. The molecule has 0 aromatic heterocycles. The molecule has 2 N–H and O–H groups in total. The van der Waals surface area contributed by atoms with Crippen LogP contribution in [0.2, 0.25) is 10.0 Å². The van der Waals surface area contributed by atoms with Gasteiger partial charge in [-0.1, -0.05) is 39.1 Å². The number of amides is 1. The molecule has 0 heterocycles. The average molecular weight is 452 g/mol. The van der Waals surface area contributed by atoms with E-state index < -0.39 is 22.0 Å². The van der Waals surface area contributed by atoms with Crippen LogP contribution >= 0.6 is 39.1 Å². The maximum atomic E-state index is 12.3. The SMILES string of the molecule is CC(NS(=O)(=O)c1ccc(Br)cc1)C(=O)Nc1cc(Cl)ccc1Cl. The Balaban J connectivity index is 2.10. The van der Waals surface area contributed by atoms with Gasteiger partial charge >= 0.3 is 0 Å². The normalized spacial score (nSPS) is 12.7. The van der Waals surface area contributed by atoms with Gasteiger partial charge in [-0.25, -0.2) is 8.42 Å². The summed E-state index contributed by atoms with van der Waals surface area (Å²) >= 11 is 15.1. The first-order valence-electron chi connectivity index (χ1n) is 6.73. The van der Waals surface area contributed by atoms with Gasteiger partial charge in [0, 0.05) is 9.50 Å². The van der Waals surface area contributed by atoms with E-state index in [-0.39, 0.29) is 4.90 Å². The van der Waals surface area contributed by atoms with Crippen LogP contribution in [0.4, 0.5) is 5.69 Å². The Morgan fingerprint density at radius 2 is 1.75 bits per heavy atom. The smallest absolute Gasteiger partial charge is 0.242 e. The third-order valence-corrected chi connectivity index (χ3v) is 5.69. The molecule has 24 heavy (non-hydrogen) atoms. The van der Waals surface area contributed by atoms with Gasteiger partial charge < -0.3 is 5.32 Å². The minimum atomic E-state index is -3.82. The van der Waals surface area contributed by atoms with Crippen LogP contribution in [0.1, 0.15) is 6.92 Å². The van der Waals surface area contributed by atoms with Crippen molar-refractivity contribution in [2.45, 2.75) is 17.9 Å². The lowest BCUT2D eigenvalue weighted by atomic mass is 10.3. The number of benzene rings is 2. The maximum Gasteiger partial charge on any atom is 0.242 e. The first-order valence-corrected chi connectivity index (χ1v) is 9.76. The van der Waals surface area contributed by atoms with Gasteiger partial charge in [-0.05, 0) is 49.4 Å². The molecule has 2 aromatic rings. The number of rotatable bonds is 5. The van der Waals surface area contributed by atoms with Gasteiger partial charge in [0.15, 0.2) is 0 Å². The summed E-state index contributed by atoms with van der Waals surface area (Å²) in [7, 11) is -3.82. The Morgan fingerprint density at radius 3 is 2.38 bits per heavy atom. The summed E-state index contributed by atoms with van der Waals surface area (Å²) in [5.41, 5.74) is 0.309. The topological polar surface area (TPSA) is 75.3 Å². The van der Waals surface area contributed by atoms with E-state index in [0.29, 0.717) is 15.7 Å². The number of anilines is 1. The number of nitrogens with one attached hydrogen (secondary N) is 2. The number of hydrogen-bond acceptors (Lipinski definition) is 3. The highest BCUT2D eigenvalue weighted by molar-refractivity contribution is 9.10. The molecule has 0 fully saturated rings. The van der Waals surface area contributed by atoms with Crippen LogP contribution in [0.25, 0.3) is 0 Å². The van der Waals surface area contributed by atoms with Gasteiger partial charge in [-0.3, -0.25) is 4.79 Å². The minimum absolute atomic E-state index is 0.0612. The predicted molar refractivity (Wildman–Crippen MR) is 99.0 cm³/mol. The third kappa shape index (κ3) is 4.94. The van der Waals surface area contributed by atoms with Crippen molar-refractivity contribution in [3.05, 3.63) is 57.0 Å². The van der Waals surface area contributed by atoms with Crippen molar-refractivity contribution in [1.29, 1.82) is 0 Å². The number of hydrogen-bond donors (Lipinski definition) is 2. The summed E-state index contributed by atoms with van der Waals surface area (Å²) in [5, 5.41) is 3.25. The van der Waals surface area contributed by atoms with Gasteiger partial charge in [-0.2, -0.15) is 4.72 Å². The molecule has 1 unspecified atom stereocenters. The van der Waals surface area contributed by atoms with Gasteiger partial charge in [0.05, 0.1) is 21.6 Å². The quantitative estimate of drug-likeness (QED) is 0.719. The Bertz CT molecular complexity index is 858. The van der Waals surface area contributed by atoms with Gasteiger partial charge in [0.25, 0.3) is 0 Å². The van der Waals surface area contributed by atoms with Crippen LogP contribution in [0, 0.1) is 0 Å². The molecule has 128 valence electrons. The van der Waals surface area contributed by atoms with Crippen LogP contribution in [0.5, 0.6) is 0 Å². The molecule has 0 bridgehead atoms. The molecule has 0 aliphatic heterocycles. The van der Waals surface area contributed by atoms with Gasteiger partial charge in [0.2, 0.25) is 15.9 Å².